The van der Waals surface area contributed by atoms with E-state index in [0.29, 0.717) is 5.88 Å². The largest absolute Gasteiger partial charge is 0.480 e. The minimum Gasteiger partial charge on any atom is -0.480 e. The quantitative estimate of drug-likeness (QED) is 0.867. The van der Waals surface area contributed by atoms with Crippen LogP contribution in [-0.4, -0.2) is 33.4 Å². The molecule has 20 heavy (non-hydrogen) atoms. The van der Waals surface area contributed by atoms with Crippen molar-refractivity contribution in [2.45, 2.75) is 26.3 Å². The van der Waals surface area contributed by atoms with Gasteiger partial charge in [0.15, 0.2) is 0 Å². The van der Waals surface area contributed by atoms with Crippen LogP contribution in [0, 0.1) is 6.92 Å². The molecular formula is C14H21N5O. The summed E-state index contributed by atoms with van der Waals surface area (Å²) in [4.78, 5) is 8.68. The maximum Gasteiger partial charge on any atom is 0.237 e. The lowest BCUT2D eigenvalue weighted by Crippen LogP contribution is -2.25. The molecule has 2 aromatic rings. The van der Waals surface area contributed by atoms with Gasteiger partial charge >= 0.3 is 0 Å². The third-order valence-electron chi connectivity index (χ3n) is 3.12. The number of aryl methyl sites for hydroxylation is 2. The van der Waals surface area contributed by atoms with Crippen LogP contribution in [0.5, 0.6) is 5.88 Å². The molecule has 1 unspecified atom stereocenters. The van der Waals surface area contributed by atoms with Gasteiger partial charge in [-0.1, -0.05) is 6.92 Å². The van der Waals surface area contributed by atoms with E-state index in [1.165, 1.54) is 0 Å². The summed E-state index contributed by atoms with van der Waals surface area (Å²) in [5.74, 6) is 0.546. The molecule has 0 amide bonds. The highest BCUT2D eigenvalue weighted by atomic mass is 16.5. The van der Waals surface area contributed by atoms with E-state index >= 15 is 0 Å². The van der Waals surface area contributed by atoms with Gasteiger partial charge in [0, 0.05) is 31.2 Å². The second kappa shape index (κ2) is 6.47. The molecule has 0 aliphatic carbocycles. The van der Waals surface area contributed by atoms with Gasteiger partial charge in [-0.2, -0.15) is 5.10 Å². The molecule has 6 nitrogen and oxygen atoms in total. The Morgan fingerprint density at radius 3 is 2.70 bits per heavy atom. The Kier molecular flexibility index (Phi) is 4.68. The van der Waals surface area contributed by atoms with Gasteiger partial charge in [0.05, 0.1) is 18.8 Å². The average Bonchev–Trinajstić information content (AvgIpc) is 2.79. The lowest BCUT2D eigenvalue weighted by atomic mass is 10.0. The summed E-state index contributed by atoms with van der Waals surface area (Å²) in [7, 11) is 3.53. The summed E-state index contributed by atoms with van der Waals surface area (Å²) >= 11 is 0. The Bertz CT molecular complexity index is 566. The van der Waals surface area contributed by atoms with Crippen LogP contribution in [0.25, 0.3) is 0 Å². The molecule has 0 bridgehead atoms. The maximum atomic E-state index is 5.33. The molecule has 0 aromatic carbocycles. The molecule has 2 heterocycles. The number of aromatic nitrogens is 4. The molecule has 2 rings (SSSR count). The molecule has 2 aromatic heterocycles. The Morgan fingerprint density at radius 2 is 2.10 bits per heavy atom. The highest BCUT2D eigenvalue weighted by molar-refractivity contribution is 5.33. The van der Waals surface area contributed by atoms with Crippen LogP contribution in [0.15, 0.2) is 18.6 Å². The van der Waals surface area contributed by atoms with Gasteiger partial charge in [-0.25, -0.2) is 4.98 Å². The summed E-state index contributed by atoms with van der Waals surface area (Å²) in [5, 5.41) is 7.90. The van der Waals surface area contributed by atoms with Crippen molar-refractivity contribution in [2.24, 2.45) is 7.05 Å². The van der Waals surface area contributed by atoms with E-state index in [4.69, 9.17) is 4.74 Å². The molecule has 0 saturated carbocycles. The minimum absolute atomic E-state index is 0.0627. The van der Waals surface area contributed by atoms with E-state index in [1.807, 2.05) is 24.9 Å². The van der Waals surface area contributed by atoms with Crippen molar-refractivity contribution in [3.8, 4) is 5.88 Å². The van der Waals surface area contributed by atoms with Gasteiger partial charge in [-0.15, -0.1) is 0 Å². The summed E-state index contributed by atoms with van der Waals surface area (Å²) in [6.07, 6.45) is 6.37. The van der Waals surface area contributed by atoms with Crippen molar-refractivity contribution in [3.63, 3.8) is 0 Å². The van der Waals surface area contributed by atoms with Gasteiger partial charge in [-0.05, 0) is 19.9 Å². The minimum atomic E-state index is -0.0627. The summed E-state index contributed by atoms with van der Waals surface area (Å²) in [6, 6.07) is -0.0627. The summed E-state index contributed by atoms with van der Waals surface area (Å²) in [6.45, 7) is 5.02. The highest BCUT2D eigenvalue weighted by Crippen LogP contribution is 2.27. The number of rotatable bonds is 6. The van der Waals surface area contributed by atoms with Gasteiger partial charge in [-0.3, -0.25) is 9.67 Å². The van der Waals surface area contributed by atoms with Gasteiger partial charge in [0.1, 0.15) is 5.69 Å². The third-order valence-corrected chi connectivity index (χ3v) is 3.12. The number of nitrogens with zero attached hydrogens (tertiary/aromatic N) is 4. The van der Waals surface area contributed by atoms with Gasteiger partial charge < -0.3 is 10.1 Å². The first-order valence-electron chi connectivity index (χ1n) is 6.75. The van der Waals surface area contributed by atoms with E-state index < -0.39 is 0 Å². The van der Waals surface area contributed by atoms with Crippen LogP contribution in [0.3, 0.4) is 0 Å². The van der Waals surface area contributed by atoms with E-state index in [0.717, 1.165) is 29.9 Å². The molecule has 0 aliphatic rings. The standard InChI is InChI=1S/C14H21N5O/c1-5-6-15-12(11-9-19(3)18-10(11)2)13-14(20-4)17-8-7-16-13/h7-9,12,15H,5-6H2,1-4H3. The van der Waals surface area contributed by atoms with Crippen molar-refractivity contribution < 1.29 is 4.74 Å². The van der Waals surface area contributed by atoms with E-state index in [9.17, 15) is 0 Å². The van der Waals surface area contributed by atoms with Crippen molar-refractivity contribution in [1.29, 1.82) is 0 Å². The highest BCUT2D eigenvalue weighted by Gasteiger charge is 2.23. The molecule has 0 spiro atoms. The van der Waals surface area contributed by atoms with Crippen LogP contribution < -0.4 is 10.1 Å². The number of ether oxygens (including phenoxy) is 1. The van der Waals surface area contributed by atoms with Crippen LogP contribution in [0.2, 0.25) is 0 Å². The summed E-state index contributed by atoms with van der Waals surface area (Å²) in [5.41, 5.74) is 2.87. The second-order valence-electron chi connectivity index (χ2n) is 4.68. The van der Waals surface area contributed by atoms with Crippen LogP contribution >= 0.6 is 0 Å². The van der Waals surface area contributed by atoms with E-state index in [-0.39, 0.29) is 6.04 Å². The van der Waals surface area contributed by atoms with E-state index in [1.54, 1.807) is 19.5 Å². The van der Waals surface area contributed by atoms with Crippen LogP contribution in [0.4, 0.5) is 0 Å². The van der Waals surface area contributed by atoms with Crippen molar-refractivity contribution in [3.05, 3.63) is 35.5 Å². The fourth-order valence-corrected chi connectivity index (χ4v) is 2.24. The number of hydrogen-bond acceptors (Lipinski definition) is 5. The Balaban J connectivity index is 2.44. The molecular weight excluding hydrogens is 254 g/mol. The molecule has 1 N–H and O–H groups in total. The molecule has 0 radical (unpaired) electrons. The average molecular weight is 275 g/mol. The number of hydrogen-bond donors (Lipinski definition) is 1. The van der Waals surface area contributed by atoms with Crippen LogP contribution in [-0.2, 0) is 7.05 Å². The zero-order valence-corrected chi connectivity index (χ0v) is 12.4. The SMILES string of the molecule is CCCNC(c1cn(C)nc1C)c1nccnc1OC. The maximum absolute atomic E-state index is 5.33. The first kappa shape index (κ1) is 14.5. The fraction of sp³-hybridized carbons (Fsp3) is 0.500. The first-order chi connectivity index (χ1) is 9.67. The van der Waals surface area contributed by atoms with Gasteiger partial charge in [0.2, 0.25) is 5.88 Å². The predicted octanol–water partition coefficient (Wildman–Crippen LogP) is 1.62. The summed E-state index contributed by atoms with van der Waals surface area (Å²) < 4.78 is 7.15. The monoisotopic (exact) mass is 275 g/mol. The molecule has 0 saturated heterocycles. The Hall–Kier alpha value is -1.95. The lowest BCUT2D eigenvalue weighted by molar-refractivity contribution is 0.382. The topological polar surface area (TPSA) is 64.9 Å². The first-order valence-corrected chi connectivity index (χ1v) is 6.75. The third kappa shape index (κ3) is 2.96. The normalized spacial score (nSPS) is 12.4. The fourth-order valence-electron chi connectivity index (χ4n) is 2.24. The van der Waals surface area contributed by atoms with Crippen molar-refractivity contribution >= 4 is 0 Å². The molecule has 0 fully saturated rings. The predicted molar refractivity (Wildman–Crippen MR) is 76.7 cm³/mol. The number of nitrogens with one attached hydrogen (secondary N) is 1. The zero-order chi connectivity index (χ0) is 14.5. The van der Waals surface area contributed by atoms with Crippen LogP contribution in [0.1, 0.15) is 36.3 Å². The Labute approximate surface area is 119 Å². The smallest absolute Gasteiger partial charge is 0.237 e. The van der Waals surface area contributed by atoms with Crippen molar-refractivity contribution in [2.75, 3.05) is 13.7 Å². The van der Waals surface area contributed by atoms with E-state index in [2.05, 4.69) is 27.3 Å². The second-order valence-corrected chi connectivity index (χ2v) is 4.68. The van der Waals surface area contributed by atoms with Crippen molar-refractivity contribution in [1.82, 2.24) is 25.1 Å². The molecule has 6 heteroatoms. The molecule has 1 atom stereocenters. The van der Waals surface area contributed by atoms with Gasteiger partial charge in [0.25, 0.3) is 0 Å². The molecule has 0 aliphatic heterocycles. The Morgan fingerprint density at radius 1 is 1.35 bits per heavy atom. The number of methoxy groups -OCH3 is 1. The molecule has 108 valence electrons. The zero-order valence-electron chi connectivity index (χ0n) is 12.4. The lowest BCUT2D eigenvalue weighted by Gasteiger charge is -2.19.